The van der Waals surface area contributed by atoms with Crippen LogP contribution in [0.1, 0.15) is 29.3 Å². The SMILES string of the molecule is CCC(=O)Nc1ccccc1C(=O)OCc1ccccc1. The Morgan fingerprint density at radius 3 is 2.38 bits per heavy atom. The van der Waals surface area contributed by atoms with Gasteiger partial charge in [0.2, 0.25) is 5.91 Å². The second-order valence-corrected chi connectivity index (χ2v) is 4.51. The molecule has 0 aliphatic rings. The minimum absolute atomic E-state index is 0.140. The Kier molecular flexibility index (Phi) is 5.10. The number of nitrogens with one attached hydrogen (secondary N) is 1. The van der Waals surface area contributed by atoms with Crippen molar-refractivity contribution in [3.63, 3.8) is 0 Å². The molecule has 1 amide bonds. The normalized spacial score (nSPS) is 9.95. The summed E-state index contributed by atoms with van der Waals surface area (Å²) in [5.74, 6) is -0.593. The van der Waals surface area contributed by atoms with Crippen molar-refractivity contribution in [1.29, 1.82) is 0 Å². The van der Waals surface area contributed by atoms with E-state index in [1.54, 1.807) is 31.2 Å². The van der Waals surface area contributed by atoms with Crippen LogP contribution < -0.4 is 5.32 Å². The summed E-state index contributed by atoms with van der Waals surface area (Å²) >= 11 is 0. The molecule has 0 fully saturated rings. The minimum Gasteiger partial charge on any atom is -0.457 e. The number of hydrogen-bond donors (Lipinski definition) is 1. The molecule has 0 unspecified atom stereocenters. The maximum Gasteiger partial charge on any atom is 0.340 e. The summed E-state index contributed by atoms with van der Waals surface area (Å²) < 4.78 is 5.28. The molecule has 21 heavy (non-hydrogen) atoms. The van der Waals surface area contributed by atoms with E-state index >= 15 is 0 Å². The van der Waals surface area contributed by atoms with Crippen molar-refractivity contribution in [2.75, 3.05) is 5.32 Å². The molecule has 4 heteroatoms. The lowest BCUT2D eigenvalue weighted by molar-refractivity contribution is -0.115. The Labute approximate surface area is 123 Å². The molecule has 0 aliphatic heterocycles. The quantitative estimate of drug-likeness (QED) is 0.856. The van der Waals surface area contributed by atoms with E-state index in [-0.39, 0.29) is 12.5 Å². The Balaban J connectivity index is 2.07. The first-order valence-electron chi connectivity index (χ1n) is 6.80. The zero-order valence-corrected chi connectivity index (χ0v) is 11.8. The van der Waals surface area contributed by atoms with Crippen molar-refractivity contribution in [2.45, 2.75) is 20.0 Å². The summed E-state index contributed by atoms with van der Waals surface area (Å²) in [7, 11) is 0. The van der Waals surface area contributed by atoms with Gasteiger partial charge in [-0.05, 0) is 17.7 Å². The first kappa shape index (κ1) is 14.8. The average Bonchev–Trinajstić information content (AvgIpc) is 2.54. The van der Waals surface area contributed by atoms with E-state index in [0.717, 1.165) is 5.56 Å². The van der Waals surface area contributed by atoms with Crippen LogP contribution in [-0.2, 0) is 16.1 Å². The smallest absolute Gasteiger partial charge is 0.340 e. The number of para-hydroxylation sites is 1. The van der Waals surface area contributed by atoms with Crippen molar-refractivity contribution in [3.05, 3.63) is 65.7 Å². The van der Waals surface area contributed by atoms with E-state index in [2.05, 4.69) is 5.32 Å². The molecule has 108 valence electrons. The molecule has 0 aromatic heterocycles. The van der Waals surface area contributed by atoms with Gasteiger partial charge in [0, 0.05) is 6.42 Å². The van der Waals surface area contributed by atoms with Gasteiger partial charge in [0.15, 0.2) is 0 Å². The molecule has 2 aromatic carbocycles. The highest BCUT2D eigenvalue weighted by Gasteiger charge is 2.13. The molecule has 2 aromatic rings. The van der Waals surface area contributed by atoms with E-state index in [0.29, 0.717) is 17.7 Å². The first-order valence-corrected chi connectivity index (χ1v) is 6.80. The molecule has 0 aliphatic carbocycles. The largest absolute Gasteiger partial charge is 0.457 e. The van der Waals surface area contributed by atoms with Gasteiger partial charge in [-0.25, -0.2) is 4.79 Å². The molecule has 0 saturated heterocycles. The fourth-order valence-corrected chi connectivity index (χ4v) is 1.81. The summed E-state index contributed by atoms with van der Waals surface area (Å²) in [5, 5.41) is 2.70. The lowest BCUT2D eigenvalue weighted by Crippen LogP contribution is -2.14. The van der Waals surface area contributed by atoms with E-state index in [4.69, 9.17) is 4.74 Å². The van der Waals surface area contributed by atoms with Gasteiger partial charge in [0.25, 0.3) is 0 Å². The summed E-state index contributed by atoms with van der Waals surface area (Å²) in [6.45, 7) is 1.96. The first-order chi connectivity index (χ1) is 10.2. The zero-order chi connectivity index (χ0) is 15.1. The van der Waals surface area contributed by atoms with Crippen LogP contribution in [0, 0.1) is 0 Å². The minimum atomic E-state index is -0.453. The summed E-state index contributed by atoms with van der Waals surface area (Å²) in [4.78, 5) is 23.6. The topological polar surface area (TPSA) is 55.4 Å². The molecule has 0 spiro atoms. The van der Waals surface area contributed by atoms with Crippen LogP contribution in [0.2, 0.25) is 0 Å². The molecule has 2 rings (SSSR count). The van der Waals surface area contributed by atoms with Crippen LogP contribution in [0.25, 0.3) is 0 Å². The molecule has 4 nitrogen and oxygen atoms in total. The molecular formula is C17H17NO3. The van der Waals surface area contributed by atoms with Gasteiger partial charge in [0.05, 0.1) is 11.3 Å². The van der Waals surface area contributed by atoms with Crippen molar-refractivity contribution in [3.8, 4) is 0 Å². The number of carbonyl (C=O) groups is 2. The second-order valence-electron chi connectivity index (χ2n) is 4.51. The molecule has 0 heterocycles. The number of rotatable bonds is 5. The lowest BCUT2D eigenvalue weighted by atomic mass is 10.1. The molecule has 1 N–H and O–H groups in total. The Hall–Kier alpha value is -2.62. The number of benzene rings is 2. The molecule has 0 atom stereocenters. The third-order valence-corrected chi connectivity index (χ3v) is 2.95. The van der Waals surface area contributed by atoms with Gasteiger partial charge in [-0.1, -0.05) is 49.4 Å². The Bertz CT molecular complexity index is 623. The summed E-state index contributed by atoms with van der Waals surface area (Å²) in [6, 6.07) is 16.3. The molecule has 0 radical (unpaired) electrons. The third kappa shape index (κ3) is 4.18. The van der Waals surface area contributed by atoms with Gasteiger partial charge in [-0.15, -0.1) is 0 Å². The van der Waals surface area contributed by atoms with Crippen molar-refractivity contribution in [1.82, 2.24) is 0 Å². The van der Waals surface area contributed by atoms with Gasteiger partial charge < -0.3 is 10.1 Å². The standard InChI is InChI=1S/C17H17NO3/c1-2-16(19)18-15-11-7-6-10-14(15)17(20)21-12-13-8-4-3-5-9-13/h3-11H,2,12H2,1H3,(H,18,19). The maximum atomic E-state index is 12.1. The van der Waals surface area contributed by atoms with Crippen molar-refractivity contribution >= 4 is 17.6 Å². The molecule has 0 bridgehead atoms. The number of esters is 1. The van der Waals surface area contributed by atoms with E-state index in [1.807, 2.05) is 30.3 Å². The predicted molar refractivity (Wildman–Crippen MR) is 80.9 cm³/mol. The van der Waals surface area contributed by atoms with E-state index < -0.39 is 5.97 Å². The van der Waals surface area contributed by atoms with Gasteiger partial charge in [-0.3, -0.25) is 4.79 Å². The van der Waals surface area contributed by atoms with Gasteiger partial charge in [-0.2, -0.15) is 0 Å². The van der Waals surface area contributed by atoms with Crippen LogP contribution in [0.4, 0.5) is 5.69 Å². The fraction of sp³-hybridized carbons (Fsp3) is 0.176. The van der Waals surface area contributed by atoms with Crippen molar-refractivity contribution in [2.24, 2.45) is 0 Å². The average molecular weight is 283 g/mol. The number of ether oxygens (including phenoxy) is 1. The highest BCUT2D eigenvalue weighted by atomic mass is 16.5. The molecule has 0 saturated carbocycles. The van der Waals surface area contributed by atoms with Crippen LogP contribution in [-0.4, -0.2) is 11.9 Å². The van der Waals surface area contributed by atoms with Gasteiger partial charge >= 0.3 is 5.97 Å². The third-order valence-electron chi connectivity index (χ3n) is 2.95. The summed E-state index contributed by atoms with van der Waals surface area (Å²) in [5.41, 5.74) is 1.75. The van der Waals surface area contributed by atoms with E-state index in [9.17, 15) is 9.59 Å². The number of anilines is 1. The Morgan fingerprint density at radius 2 is 1.67 bits per heavy atom. The number of carbonyl (C=O) groups excluding carboxylic acids is 2. The highest BCUT2D eigenvalue weighted by molar-refractivity contribution is 6.01. The zero-order valence-electron chi connectivity index (χ0n) is 11.8. The summed E-state index contributed by atoms with van der Waals surface area (Å²) in [6.07, 6.45) is 0.355. The maximum absolute atomic E-state index is 12.1. The van der Waals surface area contributed by atoms with Crippen LogP contribution in [0.5, 0.6) is 0 Å². The molecular weight excluding hydrogens is 266 g/mol. The van der Waals surface area contributed by atoms with E-state index in [1.165, 1.54) is 0 Å². The van der Waals surface area contributed by atoms with Crippen LogP contribution >= 0.6 is 0 Å². The predicted octanol–water partition coefficient (Wildman–Crippen LogP) is 3.39. The number of amides is 1. The van der Waals surface area contributed by atoms with Gasteiger partial charge in [0.1, 0.15) is 6.61 Å². The number of hydrogen-bond acceptors (Lipinski definition) is 3. The Morgan fingerprint density at radius 1 is 1.00 bits per heavy atom. The van der Waals surface area contributed by atoms with Crippen molar-refractivity contribution < 1.29 is 14.3 Å². The van der Waals surface area contributed by atoms with Crippen LogP contribution in [0.3, 0.4) is 0 Å². The highest BCUT2D eigenvalue weighted by Crippen LogP contribution is 2.17. The monoisotopic (exact) mass is 283 g/mol. The second kappa shape index (κ2) is 7.24. The van der Waals surface area contributed by atoms with Crippen LogP contribution in [0.15, 0.2) is 54.6 Å². The lowest BCUT2D eigenvalue weighted by Gasteiger charge is -2.10. The fourth-order valence-electron chi connectivity index (χ4n) is 1.81.